The highest BCUT2D eigenvalue weighted by atomic mass is 19.4. The monoisotopic (exact) mass is 212 g/mol. The standard InChI is InChI=1S/C10H5F3NO/c11-10(12,13)7-3-1-5-14-9(7)8-4-2-6-15-8/h1-4,6H. The summed E-state index contributed by atoms with van der Waals surface area (Å²) in [6, 6.07) is 4.97. The molecule has 0 atom stereocenters. The minimum absolute atomic E-state index is 0.0826. The number of hydrogen-bond acceptors (Lipinski definition) is 2. The molecular weight excluding hydrogens is 207 g/mol. The summed E-state index contributed by atoms with van der Waals surface area (Å²) in [7, 11) is 0. The molecule has 0 aliphatic heterocycles. The summed E-state index contributed by atoms with van der Waals surface area (Å²) in [6.45, 7) is 0. The molecule has 0 saturated heterocycles. The average molecular weight is 212 g/mol. The van der Waals surface area contributed by atoms with E-state index in [4.69, 9.17) is 4.42 Å². The van der Waals surface area contributed by atoms with Crippen LogP contribution in [-0.2, 0) is 6.18 Å². The summed E-state index contributed by atoms with van der Waals surface area (Å²) in [4.78, 5) is 3.55. The lowest BCUT2D eigenvalue weighted by Crippen LogP contribution is -2.07. The maximum Gasteiger partial charge on any atom is 0.418 e. The van der Waals surface area contributed by atoms with E-state index in [0.717, 1.165) is 12.1 Å². The Labute approximate surface area is 83.4 Å². The van der Waals surface area contributed by atoms with Crippen molar-refractivity contribution in [3.05, 3.63) is 42.3 Å². The van der Waals surface area contributed by atoms with Crippen LogP contribution in [0, 0.1) is 6.20 Å². The van der Waals surface area contributed by atoms with Crippen molar-refractivity contribution in [2.45, 2.75) is 6.18 Å². The van der Waals surface area contributed by atoms with Gasteiger partial charge >= 0.3 is 6.18 Å². The van der Waals surface area contributed by atoms with Gasteiger partial charge in [0.25, 0.3) is 0 Å². The van der Waals surface area contributed by atoms with Gasteiger partial charge in [-0.3, -0.25) is 0 Å². The van der Waals surface area contributed by atoms with Gasteiger partial charge in [0.2, 0.25) is 0 Å². The fourth-order valence-corrected chi connectivity index (χ4v) is 1.19. The lowest BCUT2D eigenvalue weighted by molar-refractivity contribution is -0.137. The number of alkyl halides is 3. The molecule has 2 nitrogen and oxygen atoms in total. The molecule has 1 radical (unpaired) electrons. The van der Waals surface area contributed by atoms with Gasteiger partial charge in [0.05, 0.1) is 18.0 Å². The minimum atomic E-state index is -4.44. The topological polar surface area (TPSA) is 26.0 Å². The van der Waals surface area contributed by atoms with Gasteiger partial charge in [-0.25, -0.2) is 4.98 Å². The molecule has 0 amide bonds. The highest BCUT2D eigenvalue weighted by Gasteiger charge is 2.34. The summed E-state index contributed by atoms with van der Waals surface area (Å²) >= 11 is 0. The summed E-state index contributed by atoms with van der Waals surface area (Å²) in [5.74, 6) is 0.0826. The van der Waals surface area contributed by atoms with E-state index < -0.39 is 11.7 Å². The number of nitrogens with zero attached hydrogens (tertiary/aromatic N) is 1. The number of pyridine rings is 1. The fourth-order valence-electron chi connectivity index (χ4n) is 1.19. The molecule has 0 fully saturated rings. The third-order valence-corrected chi connectivity index (χ3v) is 1.82. The second kappa shape index (κ2) is 3.42. The lowest BCUT2D eigenvalue weighted by Gasteiger charge is -2.09. The fraction of sp³-hybridized carbons (Fsp3) is 0.100. The van der Waals surface area contributed by atoms with Gasteiger partial charge in [0.1, 0.15) is 5.69 Å². The van der Waals surface area contributed by atoms with E-state index >= 15 is 0 Å². The predicted molar refractivity (Wildman–Crippen MR) is 45.8 cm³/mol. The summed E-state index contributed by atoms with van der Waals surface area (Å²) in [6.07, 6.45) is -0.793. The van der Waals surface area contributed by atoms with Gasteiger partial charge in [-0.15, -0.1) is 0 Å². The molecule has 0 aromatic carbocycles. The quantitative estimate of drug-likeness (QED) is 0.725. The van der Waals surface area contributed by atoms with E-state index in [-0.39, 0.29) is 11.5 Å². The van der Waals surface area contributed by atoms with Gasteiger partial charge in [-0.2, -0.15) is 13.2 Å². The molecule has 0 aliphatic carbocycles. The van der Waals surface area contributed by atoms with Gasteiger partial charge in [-0.05, 0) is 24.3 Å². The number of aromatic nitrogens is 1. The van der Waals surface area contributed by atoms with Crippen molar-refractivity contribution in [1.29, 1.82) is 0 Å². The van der Waals surface area contributed by atoms with Crippen molar-refractivity contribution in [3.8, 4) is 11.5 Å². The predicted octanol–water partition coefficient (Wildman–Crippen LogP) is 3.16. The molecule has 2 aromatic rings. The number of hydrogen-bond donors (Lipinski definition) is 0. The first-order chi connectivity index (χ1) is 7.09. The van der Waals surface area contributed by atoms with Crippen LogP contribution in [-0.4, -0.2) is 4.98 Å². The zero-order valence-electron chi connectivity index (χ0n) is 7.38. The molecule has 0 N–H and O–H groups in total. The lowest BCUT2D eigenvalue weighted by atomic mass is 10.1. The van der Waals surface area contributed by atoms with Crippen molar-refractivity contribution in [2.24, 2.45) is 0 Å². The van der Waals surface area contributed by atoms with Gasteiger partial charge in [0, 0.05) is 0 Å². The van der Waals surface area contributed by atoms with Crippen LogP contribution in [0.3, 0.4) is 0 Å². The number of halogens is 3. The molecule has 2 heterocycles. The van der Waals surface area contributed by atoms with Crippen LogP contribution in [0.25, 0.3) is 11.5 Å². The Morgan fingerprint density at radius 1 is 1.27 bits per heavy atom. The van der Waals surface area contributed by atoms with Crippen LogP contribution >= 0.6 is 0 Å². The molecule has 0 bridgehead atoms. The number of rotatable bonds is 1. The Balaban J connectivity index is 2.58. The third-order valence-electron chi connectivity index (χ3n) is 1.82. The maximum atomic E-state index is 12.5. The van der Waals surface area contributed by atoms with E-state index in [9.17, 15) is 13.2 Å². The van der Waals surface area contributed by atoms with Crippen LogP contribution in [0.2, 0.25) is 0 Å². The molecule has 5 heteroatoms. The van der Waals surface area contributed by atoms with E-state index in [1.807, 2.05) is 0 Å². The molecule has 0 unspecified atom stereocenters. The number of furan rings is 1. The van der Waals surface area contributed by atoms with Crippen LogP contribution in [0.4, 0.5) is 13.2 Å². The van der Waals surface area contributed by atoms with E-state index in [1.165, 1.54) is 18.4 Å². The van der Waals surface area contributed by atoms with Crippen LogP contribution < -0.4 is 0 Å². The maximum absolute atomic E-state index is 12.5. The van der Waals surface area contributed by atoms with Crippen molar-refractivity contribution in [2.75, 3.05) is 0 Å². The first-order valence-electron chi connectivity index (χ1n) is 4.07. The van der Waals surface area contributed by atoms with Gasteiger partial charge in [0.15, 0.2) is 5.76 Å². The summed E-state index contributed by atoms with van der Waals surface area (Å²) < 4.78 is 42.5. The zero-order chi connectivity index (χ0) is 10.9. The summed E-state index contributed by atoms with van der Waals surface area (Å²) in [5, 5.41) is 0. The van der Waals surface area contributed by atoms with Crippen molar-refractivity contribution < 1.29 is 17.6 Å². The van der Waals surface area contributed by atoms with Gasteiger partial charge in [-0.1, -0.05) is 0 Å². The third kappa shape index (κ3) is 1.86. The van der Waals surface area contributed by atoms with Gasteiger partial charge < -0.3 is 4.42 Å². The van der Waals surface area contributed by atoms with Crippen LogP contribution in [0.1, 0.15) is 5.56 Å². The molecule has 0 saturated carbocycles. The van der Waals surface area contributed by atoms with E-state index in [1.54, 1.807) is 0 Å². The van der Waals surface area contributed by atoms with Crippen molar-refractivity contribution >= 4 is 0 Å². The Hall–Kier alpha value is -1.78. The zero-order valence-corrected chi connectivity index (χ0v) is 7.38. The molecule has 0 spiro atoms. The molecule has 0 aliphatic rings. The van der Waals surface area contributed by atoms with E-state index in [2.05, 4.69) is 11.2 Å². The largest absolute Gasteiger partial charge is 0.463 e. The Kier molecular flexibility index (Phi) is 2.22. The first kappa shape index (κ1) is 9.76. The van der Waals surface area contributed by atoms with Crippen molar-refractivity contribution in [1.82, 2.24) is 4.98 Å². The average Bonchev–Trinajstić information content (AvgIpc) is 2.69. The molecular formula is C10H5F3NO. The molecule has 2 rings (SSSR count). The van der Waals surface area contributed by atoms with Crippen LogP contribution in [0.5, 0.6) is 0 Å². The Bertz CT molecular complexity index is 448. The molecule has 2 aromatic heterocycles. The first-order valence-corrected chi connectivity index (χ1v) is 4.07. The second-order valence-electron chi connectivity index (χ2n) is 2.81. The van der Waals surface area contributed by atoms with E-state index in [0.29, 0.717) is 0 Å². The molecule has 15 heavy (non-hydrogen) atoms. The van der Waals surface area contributed by atoms with Crippen molar-refractivity contribution in [3.63, 3.8) is 0 Å². The van der Waals surface area contributed by atoms with Crippen LogP contribution in [0.15, 0.2) is 34.9 Å². The normalized spacial score (nSPS) is 11.7. The Morgan fingerprint density at radius 2 is 2.07 bits per heavy atom. The SMILES string of the molecule is FC(F)(F)c1cc[c]nc1-c1ccco1. The second-order valence-corrected chi connectivity index (χ2v) is 2.81. The smallest absolute Gasteiger partial charge is 0.418 e. The molecule has 77 valence electrons. The summed E-state index contributed by atoms with van der Waals surface area (Å²) in [5.41, 5.74) is -1.06. The highest BCUT2D eigenvalue weighted by molar-refractivity contribution is 5.57. The minimum Gasteiger partial charge on any atom is -0.463 e. The highest BCUT2D eigenvalue weighted by Crippen LogP contribution is 2.35. The Morgan fingerprint density at radius 3 is 2.67 bits per heavy atom.